The highest BCUT2D eigenvalue weighted by molar-refractivity contribution is 6.07. The minimum atomic E-state index is -4.05. The lowest BCUT2D eigenvalue weighted by Crippen LogP contribution is -2.88. The van der Waals surface area contributed by atoms with Gasteiger partial charge < -0.3 is 124 Å². The van der Waals surface area contributed by atoms with Gasteiger partial charge in [0.05, 0.1) is 29.2 Å². The van der Waals surface area contributed by atoms with Crippen molar-refractivity contribution < 1.29 is 158 Å². The van der Waals surface area contributed by atoms with Crippen LogP contribution in [-0.2, 0) is 57.0 Å². The van der Waals surface area contributed by atoms with E-state index in [1.807, 2.05) is 0 Å². The van der Waals surface area contributed by atoms with E-state index in [9.17, 15) is 101 Å². The average molecular weight is 1110 g/mol. The number of hydrogen-bond donors (Lipinski definition) is 15. The first-order valence-electron chi connectivity index (χ1n) is 22.8. The Morgan fingerprint density at radius 1 is 0.582 bits per heavy atom. The number of fused-ring (bicyclic) bond motifs is 6. The number of aliphatic hydroxyl groups is 4. The maximum Gasteiger partial charge on any atom is 0.346 e. The number of phenolic OH excluding ortho intramolecular Hbond substituents is 11. The molecule has 32 heteroatoms. The Hall–Kier alpha value is -9.31. The Labute approximate surface area is 433 Å². The fourth-order valence-corrected chi connectivity index (χ4v) is 11.6. The molecule has 1 saturated carbocycles. The molecule has 15 N–H and O–H groups in total. The number of benzene rings is 4. The van der Waals surface area contributed by atoms with Crippen LogP contribution in [0.3, 0.4) is 0 Å². The van der Waals surface area contributed by atoms with Gasteiger partial charge in [0.2, 0.25) is 41.0 Å². The zero-order valence-corrected chi connectivity index (χ0v) is 38.8. The molecule has 2 spiro atoms. The smallest absolute Gasteiger partial charge is 0.346 e. The maximum absolute atomic E-state index is 16.2. The molecule has 414 valence electrons. The molecule has 4 aromatic rings. The number of aliphatic hydroxyl groups excluding tert-OH is 1. The zero-order chi connectivity index (χ0) is 56.9. The monoisotopic (exact) mass is 1110 g/mol. The van der Waals surface area contributed by atoms with Gasteiger partial charge in [-0.1, -0.05) is 0 Å². The van der Waals surface area contributed by atoms with Crippen molar-refractivity contribution in [2.75, 3.05) is 13.2 Å². The second kappa shape index (κ2) is 15.9. The van der Waals surface area contributed by atoms with Crippen LogP contribution >= 0.6 is 0 Å². The molecule has 0 aromatic heterocycles. The van der Waals surface area contributed by atoms with Gasteiger partial charge in [-0.2, -0.15) is 0 Å². The first-order valence-corrected chi connectivity index (χ1v) is 22.8. The quantitative estimate of drug-likeness (QED) is 0.0545. The fourth-order valence-electron chi connectivity index (χ4n) is 11.6. The van der Waals surface area contributed by atoms with Crippen molar-refractivity contribution in [3.8, 4) is 80.1 Å². The first kappa shape index (κ1) is 50.5. The molecule has 13 rings (SSSR count). The third-order valence-corrected chi connectivity index (χ3v) is 15.2. The summed E-state index contributed by atoms with van der Waals surface area (Å²) in [5, 5.41) is 167. The summed E-state index contributed by atoms with van der Waals surface area (Å²) in [5.41, 5.74) is -15.2. The average Bonchev–Trinajstić information content (AvgIpc) is 1.63. The molecule has 8 heterocycles. The minimum absolute atomic E-state index is 0.356. The van der Waals surface area contributed by atoms with Crippen LogP contribution in [0.2, 0.25) is 0 Å². The van der Waals surface area contributed by atoms with Crippen molar-refractivity contribution in [1.82, 2.24) is 0 Å². The Kier molecular flexibility index (Phi) is 10.2. The van der Waals surface area contributed by atoms with E-state index in [1.54, 1.807) is 0 Å². The van der Waals surface area contributed by atoms with Gasteiger partial charge in [0.25, 0.3) is 11.6 Å². The number of rotatable bonds is 2. The maximum atomic E-state index is 16.2. The van der Waals surface area contributed by atoms with Crippen LogP contribution < -0.4 is 4.74 Å². The number of carbonyl (C=O) groups is 7. The van der Waals surface area contributed by atoms with Gasteiger partial charge >= 0.3 is 35.8 Å². The number of ether oxygens (including phenoxy) is 10. The molecule has 8 bridgehead atoms. The van der Waals surface area contributed by atoms with Crippen LogP contribution in [0.4, 0.5) is 0 Å². The van der Waals surface area contributed by atoms with Crippen molar-refractivity contribution in [3.05, 3.63) is 58.1 Å². The number of ketones is 1. The molecule has 13 atom stereocenters. The highest BCUT2D eigenvalue weighted by Gasteiger charge is 2.97. The summed E-state index contributed by atoms with van der Waals surface area (Å²) in [7, 11) is 0. The topological polar surface area (TPSA) is 515 Å². The summed E-state index contributed by atoms with van der Waals surface area (Å²) < 4.78 is 56.9. The molecular weight excluding hydrogens is 1080 g/mol. The third kappa shape index (κ3) is 6.05. The lowest BCUT2D eigenvalue weighted by Gasteiger charge is -2.64. The normalized spacial score (nSPS) is 34.6. The SMILES string of the molecule is O=C(O[C@@H]1O[C@@H]2COC(=O)c3cc(O)c(O)c(O)c3-c3cc(c(O)c(O)c3O)C(=O)O[C@@H]3[C@H]1OC(=O)c1cc(O)c(O)c4c1C1[C@@](O)(O4)[C@]4(O)O[C@@]5(C(=O)O[C@H]6C(O)CO[C@@]65O)[C@]1(CC4=O)C(=O)O[C@@H]32)c1cc(O)c(O)c(O)c1. The molecule has 32 nitrogen and oxygen atoms in total. The molecule has 0 radical (unpaired) electrons. The van der Waals surface area contributed by atoms with Crippen molar-refractivity contribution in [1.29, 1.82) is 0 Å². The summed E-state index contributed by atoms with van der Waals surface area (Å²) in [6, 6.07) is 2.22. The minimum Gasteiger partial charge on any atom is -0.504 e. The van der Waals surface area contributed by atoms with Gasteiger partial charge in [-0.3, -0.25) is 9.59 Å². The molecule has 4 aromatic carbocycles. The highest BCUT2D eigenvalue weighted by atomic mass is 16.8. The molecule has 6 fully saturated rings. The van der Waals surface area contributed by atoms with Gasteiger partial charge in [-0.25, -0.2) is 24.0 Å². The number of phenols is 11. The van der Waals surface area contributed by atoms with E-state index < -0.39 is 246 Å². The van der Waals surface area contributed by atoms with Crippen LogP contribution in [0.5, 0.6) is 69.0 Å². The van der Waals surface area contributed by atoms with Crippen molar-refractivity contribution >= 4 is 41.6 Å². The Balaban J connectivity index is 1.13. The standard InChI is InChI=1S/C47H34O32/c48-14-1-9(2-15(49)25(14)56)36(61)77-40-33-32-30(19(72-40)8-70-37(62)11-4-16(50)26(57)28(59)21(11)10-3-13(39(64)73-32)24(55)29(60)23(10)54)75-41(65)43-6-20(53)45(67,79-44(43)42(66)76-35-18(52)7-71-47(35,44)69)46(68)34(43)22-12(38(63)74-33)5-17(51)27(58)31(22)78-46/h1-5,18-19,30,32-35,40,48-52,54-60,67-69H,6-8H2/t18?,19-,30-,32+,33-,34?,35+,40+,43+,44+,45-,46-,47+/m1/s1. The molecule has 79 heavy (non-hydrogen) atoms. The van der Waals surface area contributed by atoms with E-state index in [-0.39, 0.29) is 0 Å². The Morgan fingerprint density at radius 2 is 1.20 bits per heavy atom. The molecule has 8 aliphatic heterocycles. The van der Waals surface area contributed by atoms with Crippen molar-refractivity contribution in [2.45, 2.75) is 78.2 Å². The predicted octanol–water partition coefficient (Wildman–Crippen LogP) is -2.87. The lowest BCUT2D eigenvalue weighted by molar-refractivity contribution is -0.459. The first-order chi connectivity index (χ1) is 37.1. The number of cyclic esters (lactones) is 1. The predicted molar refractivity (Wildman–Crippen MR) is 232 cm³/mol. The summed E-state index contributed by atoms with van der Waals surface area (Å²) in [6.07, 6.45) is -19.6. The lowest BCUT2D eigenvalue weighted by atomic mass is 9.47. The largest absolute Gasteiger partial charge is 0.504 e. The van der Waals surface area contributed by atoms with Gasteiger partial charge in [-0.05, 0) is 30.3 Å². The van der Waals surface area contributed by atoms with E-state index in [0.717, 1.165) is 0 Å². The summed E-state index contributed by atoms with van der Waals surface area (Å²) in [5.74, 6) is -44.1. The van der Waals surface area contributed by atoms with E-state index in [0.29, 0.717) is 30.3 Å². The zero-order valence-electron chi connectivity index (χ0n) is 38.8. The summed E-state index contributed by atoms with van der Waals surface area (Å²) in [4.78, 5) is 104. The van der Waals surface area contributed by atoms with Gasteiger partial charge in [0.1, 0.15) is 29.8 Å². The van der Waals surface area contributed by atoms with Crippen LogP contribution in [0.25, 0.3) is 11.1 Å². The van der Waals surface area contributed by atoms with Crippen molar-refractivity contribution in [3.63, 3.8) is 0 Å². The molecular formula is C47H34O32. The molecule has 5 saturated heterocycles. The number of esters is 6. The number of hydrogen-bond acceptors (Lipinski definition) is 32. The fraction of sp³-hybridized carbons (Fsp3) is 0.340. The van der Waals surface area contributed by atoms with Crippen LogP contribution in [0, 0.1) is 5.41 Å². The summed E-state index contributed by atoms with van der Waals surface area (Å²) >= 11 is 0. The van der Waals surface area contributed by atoms with E-state index in [2.05, 4.69) is 0 Å². The van der Waals surface area contributed by atoms with Crippen molar-refractivity contribution in [2.24, 2.45) is 5.41 Å². The van der Waals surface area contributed by atoms with E-state index in [1.165, 1.54) is 0 Å². The van der Waals surface area contributed by atoms with Gasteiger partial charge in [0, 0.05) is 23.1 Å². The number of aromatic hydroxyl groups is 11. The highest BCUT2D eigenvalue weighted by Crippen LogP contribution is 2.76. The van der Waals surface area contributed by atoms with Gasteiger partial charge in [0.15, 0.2) is 75.8 Å². The molecule has 9 aliphatic rings. The van der Waals surface area contributed by atoms with Crippen LogP contribution in [-0.4, -0.2) is 197 Å². The Morgan fingerprint density at radius 3 is 1.90 bits per heavy atom. The number of carbonyl (C=O) groups excluding carboxylic acids is 7. The molecule has 0 amide bonds. The van der Waals surface area contributed by atoms with Crippen LogP contribution in [0.15, 0.2) is 30.3 Å². The Bertz CT molecular complexity index is 3530. The van der Waals surface area contributed by atoms with Crippen LogP contribution in [0.1, 0.15) is 59.3 Å². The molecule has 2 unspecified atom stereocenters. The second-order valence-electron chi connectivity index (χ2n) is 19.2. The van der Waals surface area contributed by atoms with E-state index in [4.69, 9.17) is 47.4 Å². The number of Topliss-reactive ketones (excluding diaryl/α,β-unsaturated/α-hetero) is 1. The van der Waals surface area contributed by atoms with Gasteiger partial charge in [-0.15, -0.1) is 0 Å². The second-order valence-corrected chi connectivity index (χ2v) is 19.2. The summed E-state index contributed by atoms with van der Waals surface area (Å²) in [6.45, 7) is -2.46. The molecule has 1 aliphatic carbocycles. The van der Waals surface area contributed by atoms with E-state index >= 15 is 9.59 Å². The third-order valence-electron chi connectivity index (χ3n) is 15.2.